The number of sulfone groups is 1. The number of carbonyl (C=O) groups excluding carboxylic acids is 1. The average Bonchev–Trinajstić information content (AvgIpc) is 3.15. The van der Waals surface area contributed by atoms with Crippen molar-refractivity contribution in [2.45, 2.75) is 17.8 Å². The Morgan fingerprint density at radius 1 is 1.14 bits per heavy atom. The van der Waals surface area contributed by atoms with Crippen molar-refractivity contribution >= 4 is 61.6 Å². The van der Waals surface area contributed by atoms with E-state index in [1.165, 1.54) is 11.8 Å². The van der Waals surface area contributed by atoms with Crippen molar-refractivity contribution in [1.29, 1.82) is 0 Å². The first-order valence-corrected chi connectivity index (χ1v) is 12.3. The number of hydrogen-bond acceptors (Lipinski definition) is 6. The molecule has 0 spiro atoms. The van der Waals surface area contributed by atoms with Gasteiger partial charge in [0, 0.05) is 22.4 Å². The predicted octanol–water partition coefficient (Wildman–Crippen LogP) is 3.60. The first kappa shape index (κ1) is 20.5. The second kappa shape index (κ2) is 8.18. The van der Waals surface area contributed by atoms with Crippen LogP contribution in [0.1, 0.15) is 15.9 Å². The lowest BCUT2D eigenvalue weighted by Gasteiger charge is -2.11. The van der Waals surface area contributed by atoms with Gasteiger partial charge in [0.15, 0.2) is 15.0 Å². The molecule has 2 aliphatic heterocycles. The molecule has 10 heteroatoms. The third-order valence-electron chi connectivity index (χ3n) is 4.65. The number of amides is 1. The van der Waals surface area contributed by atoms with E-state index in [4.69, 9.17) is 23.2 Å². The van der Waals surface area contributed by atoms with Gasteiger partial charge < -0.3 is 10.6 Å². The summed E-state index contributed by atoms with van der Waals surface area (Å²) in [7, 11) is -3.00. The fourth-order valence-electron chi connectivity index (χ4n) is 3.18. The highest BCUT2D eigenvalue weighted by atomic mass is 35.5. The molecular formula is C19H17Cl2N3O3S2. The number of halogens is 2. The van der Waals surface area contributed by atoms with Gasteiger partial charge >= 0.3 is 0 Å². The Kier molecular flexibility index (Phi) is 5.79. The van der Waals surface area contributed by atoms with Crippen LogP contribution in [-0.4, -0.2) is 42.3 Å². The fraction of sp³-hybridized carbons (Fsp3) is 0.263. The van der Waals surface area contributed by atoms with Crippen LogP contribution in [0.2, 0.25) is 10.0 Å². The molecule has 2 aromatic carbocycles. The molecule has 0 aliphatic carbocycles. The Morgan fingerprint density at radius 3 is 2.62 bits per heavy atom. The molecule has 2 N–H and O–H groups in total. The normalized spacial score (nSPS) is 22.1. The zero-order valence-electron chi connectivity index (χ0n) is 15.1. The lowest BCUT2D eigenvalue weighted by molar-refractivity contribution is 0.0951. The van der Waals surface area contributed by atoms with E-state index in [2.05, 4.69) is 15.6 Å². The molecule has 0 bridgehead atoms. The molecule has 1 fully saturated rings. The van der Waals surface area contributed by atoms with E-state index >= 15 is 0 Å². The smallest absolute Gasteiger partial charge is 0.251 e. The molecule has 29 heavy (non-hydrogen) atoms. The van der Waals surface area contributed by atoms with E-state index in [9.17, 15) is 13.2 Å². The van der Waals surface area contributed by atoms with Crippen LogP contribution in [0.25, 0.3) is 0 Å². The van der Waals surface area contributed by atoms with Gasteiger partial charge in [0.25, 0.3) is 5.91 Å². The molecule has 1 saturated heterocycles. The molecule has 1 amide bonds. The second-order valence-electron chi connectivity index (χ2n) is 6.86. The first-order valence-electron chi connectivity index (χ1n) is 8.83. The Labute approximate surface area is 183 Å². The molecule has 2 aliphatic rings. The van der Waals surface area contributed by atoms with Crippen LogP contribution >= 0.6 is 35.0 Å². The zero-order chi connectivity index (χ0) is 20.6. The number of rotatable bonds is 4. The van der Waals surface area contributed by atoms with Crippen LogP contribution in [-0.2, 0) is 16.4 Å². The number of nitrogens with zero attached hydrogens (tertiary/aromatic N) is 1. The van der Waals surface area contributed by atoms with Gasteiger partial charge in [0.05, 0.1) is 28.3 Å². The van der Waals surface area contributed by atoms with Crippen molar-refractivity contribution in [2.75, 3.05) is 16.8 Å². The number of carbonyl (C=O) groups is 1. The number of amidine groups is 1. The van der Waals surface area contributed by atoms with Gasteiger partial charge in [-0.25, -0.2) is 8.42 Å². The highest BCUT2D eigenvalue weighted by Crippen LogP contribution is 2.35. The SMILES string of the molecule is O=C(NCc1ccc(Cl)cc1)c1ccc(Cl)c(NC2=N[C@@H]3CS(=O)(=O)C[C@@H]3S2)c1. The van der Waals surface area contributed by atoms with Crippen LogP contribution in [0, 0.1) is 0 Å². The average molecular weight is 470 g/mol. The van der Waals surface area contributed by atoms with Crippen molar-refractivity contribution in [3.8, 4) is 0 Å². The Hall–Kier alpha value is -1.74. The summed E-state index contributed by atoms with van der Waals surface area (Å²) in [6, 6.07) is 12.0. The van der Waals surface area contributed by atoms with Gasteiger partial charge in [-0.05, 0) is 35.9 Å². The van der Waals surface area contributed by atoms with Crippen LogP contribution < -0.4 is 10.6 Å². The minimum absolute atomic E-state index is 0.0628. The summed E-state index contributed by atoms with van der Waals surface area (Å²) in [5, 5.41) is 7.64. The Bertz CT molecular complexity index is 1090. The molecule has 0 unspecified atom stereocenters. The monoisotopic (exact) mass is 469 g/mol. The number of fused-ring (bicyclic) bond motifs is 1. The van der Waals surface area contributed by atoms with Crippen LogP contribution in [0.15, 0.2) is 47.5 Å². The van der Waals surface area contributed by atoms with Crippen LogP contribution in [0.4, 0.5) is 5.69 Å². The minimum atomic E-state index is -3.00. The molecule has 0 radical (unpaired) electrons. The molecular weight excluding hydrogens is 453 g/mol. The zero-order valence-corrected chi connectivity index (χ0v) is 18.2. The van der Waals surface area contributed by atoms with Gasteiger partial charge in [-0.1, -0.05) is 47.1 Å². The highest BCUT2D eigenvalue weighted by molar-refractivity contribution is 8.15. The molecule has 4 rings (SSSR count). The van der Waals surface area contributed by atoms with E-state index < -0.39 is 9.84 Å². The minimum Gasteiger partial charge on any atom is -0.348 e. The van der Waals surface area contributed by atoms with Crippen LogP contribution in [0.3, 0.4) is 0 Å². The number of anilines is 1. The predicted molar refractivity (Wildman–Crippen MR) is 119 cm³/mol. The second-order valence-corrected chi connectivity index (χ2v) is 11.1. The standard InChI is InChI=1S/C19H17Cl2N3O3S2/c20-13-4-1-11(2-5-13)8-22-18(25)12-3-6-14(21)15(7-12)23-19-24-16-9-29(26,27)10-17(16)28-19/h1-7,16-17H,8-10H2,(H,22,25)(H,23,24)/t16-,17+/m1/s1. The Morgan fingerprint density at radius 2 is 1.90 bits per heavy atom. The van der Waals surface area contributed by atoms with E-state index in [0.29, 0.717) is 33.0 Å². The molecule has 6 nitrogen and oxygen atoms in total. The molecule has 0 aromatic heterocycles. The van der Waals surface area contributed by atoms with Gasteiger partial charge in [0.1, 0.15) is 0 Å². The highest BCUT2D eigenvalue weighted by Gasteiger charge is 2.42. The summed E-state index contributed by atoms with van der Waals surface area (Å²) in [5.74, 6) is -0.0159. The van der Waals surface area contributed by atoms with E-state index in [1.54, 1.807) is 30.3 Å². The molecule has 0 saturated carbocycles. The number of nitrogens with one attached hydrogen (secondary N) is 2. The van der Waals surface area contributed by atoms with Gasteiger partial charge in [-0.2, -0.15) is 0 Å². The summed E-state index contributed by atoms with van der Waals surface area (Å²) in [6.07, 6.45) is 0. The fourth-order valence-corrected chi connectivity index (χ4v) is 7.14. The summed E-state index contributed by atoms with van der Waals surface area (Å²) < 4.78 is 23.4. The molecule has 2 aromatic rings. The maximum absolute atomic E-state index is 12.5. The summed E-state index contributed by atoms with van der Waals surface area (Å²) in [5.41, 5.74) is 1.95. The van der Waals surface area contributed by atoms with Crippen molar-refractivity contribution in [2.24, 2.45) is 4.99 Å². The van der Waals surface area contributed by atoms with E-state index in [-0.39, 0.29) is 28.7 Å². The van der Waals surface area contributed by atoms with Gasteiger partial charge in [-0.15, -0.1) is 0 Å². The number of thioether (sulfide) groups is 1. The largest absolute Gasteiger partial charge is 0.348 e. The number of benzene rings is 2. The maximum atomic E-state index is 12.5. The Balaban J connectivity index is 1.42. The summed E-state index contributed by atoms with van der Waals surface area (Å²) in [6.45, 7) is 0.377. The third-order valence-corrected chi connectivity index (χ3v) is 8.38. The van der Waals surface area contributed by atoms with Crippen LogP contribution in [0.5, 0.6) is 0 Å². The maximum Gasteiger partial charge on any atom is 0.251 e. The van der Waals surface area contributed by atoms with E-state index in [0.717, 1.165) is 5.56 Å². The topological polar surface area (TPSA) is 87.6 Å². The van der Waals surface area contributed by atoms with Crippen molar-refractivity contribution in [3.63, 3.8) is 0 Å². The quantitative estimate of drug-likeness (QED) is 0.713. The summed E-state index contributed by atoms with van der Waals surface area (Å²) >= 11 is 13.5. The molecule has 2 atom stereocenters. The van der Waals surface area contributed by atoms with Gasteiger partial charge in [0.2, 0.25) is 0 Å². The van der Waals surface area contributed by atoms with E-state index in [1.807, 2.05) is 12.1 Å². The number of hydrogen-bond donors (Lipinski definition) is 2. The molecule has 2 heterocycles. The third kappa shape index (κ3) is 4.88. The lowest BCUT2D eigenvalue weighted by Crippen LogP contribution is -2.23. The first-order chi connectivity index (χ1) is 13.8. The van der Waals surface area contributed by atoms with Crippen molar-refractivity contribution in [1.82, 2.24) is 5.32 Å². The number of aliphatic imine (C=N–C) groups is 1. The van der Waals surface area contributed by atoms with Crippen molar-refractivity contribution < 1.29 is 13.2 Å². The van der Waals surface area contributed by atoms with Crippen molar-refractivity contribution in [3.05, 3.63) is 63.6 Å². The molecule has 152 valence electrons. The van der Waals surface area contributed by atoms with Gasteiger partial charge in [-0.3, -0.25) is 9.79 Å². The summed E-state index contributed by atoms with van der Waals surface area (Å²) in [4.78, 5) is 17.0. The lowest BCUT2D eigenvalue weighted by atomic mass is 10.1.